The Morgan fingerprint density at radius 2 is 2.18 bits per heavy atom. The number of ether oxygens (including phenoxy) is 1. The van der Waals surface area contributed by atoms with Crippen LogP contribution >= 0.6 is 15.9 Å². The molecule has 0 radical (unpaired) electrons. The zero-order valence-corrected chi connectivity index (χ0v) is 11.6. The normalized spacial score (nSPS) is 11.3. The molecule has 0 aliphatic heterocycles. The molecule has 2 N–H and O–H groups in total. The minimum absolute atomic E-state index is 0.210. The van der Waals surface area contributed by atoms with Crippen molar-refractivity contribution in [2.24, 2.45) is 5.41 Å². The number of esters is 1. The molecule has 0 amide bonds. The molecule has 1 aromatic heterocycles. The molecule has 0 atom stereocenters. The first kappa shape index (κ1) is 13.8. The predicted octanol–water partition coefficient (Wildman–Crippen LogP) is 1.39. The lowest BCUT2D eigenvalue weighted by Crippen LogP contribution is -2.35. The summed E-state index contributed by atoms with van der Waals surface area (Å²) in [5.74, 6) is -0.372. The molecular weight excluding hydrogens is 288 g/mol. The number of carbonyl (C=O) groups is 1. The van der Waals surface area contributed by atoms with Crippen molar-refractivity contribution in [2.75, 3.05) is 12.8 Å². The van der Waals surface area contributed by atoms with Crippen molar-refractivity contribution < 1.29 is 9.53 Å². The Balaban J connectivity index is 3.12. The Kier molecular flexibility index (Phi) is 3.98. The van der Waals surface area contributed by atoms with Gasteiger partial charge in [0.25, 0.3) is 5.56 Å². The molecule has 0 bridgehead atoms. The van der Waals surface area contributed by atoms with Crippen molar-refractivity contribution in [1.29, 1.82) is 0 Å². The highest BCUT2D eigenvalue weighted by atomic mass is 79.9. The molecule has 17 heavy (non-hydrogen) atoms. The highest BCUT2D eigenvalue weighted by Crippen LogP contribution is 2.20. The third kappa shape index (κ3) is 3.09. The number of anilines is 1. The van der Waals surface area contributed by atoms with E-state index in [0.717, 1.165) is 0 Å². The summed E-state index contributed by atoms with van der Waals surface area (Å²) in [7, 11) is 1.32. The second kappa shape index (κ2) is 4.91. The Morgan fingerprint density at radius 1 is 1.59 bits per heavy atom. The lowest BCUT2D eigenvalue weighted by Gasteiger charge is -2.22. The van der Waals surface area contributed by atoms with Crippen molar-refractivity contribution in [3.63, 3.8) is 0 Å². The molecule has 0 unspecified atom stereocenters. The summed E-state index contributed by atoms with van der Waals surface area (Å²) in [6.45, 7) is 3.63. The zero-order chi connectivity index (χ0) is 13.2. The van der Waals surface area contributed by atoms with E-state index in [4.69, 9.17) is 10.5 Å². The Hall–Kier alpha value is -1.30. The summed E-state index contributed by atoms with van der Waals surface area (Å²) >= 11 is 3.13. The Morgan fingerprint density at radius 3 is 2.71 bits per heavy atom. The van der Waals surface area contributed by atoms with Crippen LogP contribution in [0, 0.1) is 5.41 Å². The fourth-order valence-electron chi connectivity index (χ4n) is 1.51. The van der Waals surface area contributed by atoms with E-state index in [0.29, 0.717) is 10.2 Å². The molecule has 94 valence electrons. The van der Waals surface area contributed by atoms with Gasteiger partial charge >= 0.3 is 5.97 Å². The van der Waals surface area contributed by atoms with Gasteiger partial charge in [0.05, 0.1) is 17.0 Å². The summed E-state index contributed by atoms with van der Waals surface area (Å²) in [4.78, 5) is 23.4. The fraction of sp³-hybridized carbons (Fsp3) is 0.455. The van der Waals surface area contributed by atoms with Crippen LogP contribution in [0.4, 0.5) is 5.69 Å². The number of nitrogens with zero attached hydrogens (tertiary/aromatic N) is 1. The van der Waals surface area contributed by atoms with E-state index in [1.807, 2.05) is 0 Å². The summed E-state index contributed by atoms with van der Waals surface area (Å²) in [5.41, 5.74) is 5.09. The Labute approximate surface area is 108 Å². The van der Waals surface area contributed by atoms with Gasteiger partial charge in [-0.2, -0.15) is 0 Å². The van der Waals surface area contributed by atoms with Gasteiger partial charge in [0.2, 0.25) is 0 Å². The largest absolute Gasteiger partial charge is 0.469 e. The number of carbonyl (C=O) groups excluding carboxylic acids is 1. The highest BCUT2D eigenvalue weighted by molar-refractivity contribution is 9.10. The molecule has 0 aliphatic rings. The first-order chi connectivity index (χ1) is 7.77. The van der Waals surface area contributed by atoms with Gasteiger partial charge in [-0.1, -0.05) is 0 Å². The monoisotopic (exact) mass is 302 g/mol. The second-order valence-electron chi connectivity index (χ2n) is 4.43. The van der Waals surface area contributed by atoms with Gasteiger partial charge in [-0.05, 0) is 35.8 Å². The van der Waals surface area contributed by atoms with Crippen molar-refractivity contribution in [1.82, 2.24) is 4.57 Å². The van der Waals surface area contributed by atoms with Crippen LogP contribution in [0.15, 0.2) is 21.5 Å². The number of rotatable bonds is 3. The minimum atomic E-state index is -0.786. The second-order valence-corrected chi connectivity index (χ2v) is 5.28. The van der Waals surface area contributed by atoms with E-state index < -0.39 is 5.41 Å². The summed E-state index contributed by atoms with van der Waals surface area (Å²) in [6.07, 6.45) is 1.51. The molecule has 0 aromatic carbocycles. The number of methoxy groups -OCH3 is 1. The average molecular weight is 303 g/mol. The van der Waals surface area contributed by atoms with Gasteiger partial charge in [-0.25, -0.2) is 0 Å². The number of nitrogen functional groups attached to an aromatic ring is 1. The lowest BCUT2D eigenvalue weighted by molar-refractivity contribution is -0.151. The van der Waals surface area contributed by atoms with Crippen LogP contribution < -0.4 is 11.3 Å². The number of halogens is 1. The molecule has 6 heteroatoms. The third-order valence-electron chi connectivity index (χ3n) is 2.37. The van der Waals surface area contributed by atoms with Gasteiger partial charge in [0.1, 0.15) is 0 Å². The number of aromatic nitrogens is 1. The minimum Gasteiger partial charge on any atom is -0.469 e. The van der Waals surface area contributed by atoms with Crippen molar-refractivity contribution in [2.45, 2.75) is 20.4 Å². The highest BCUT2D eigenvalue weighted by Gasteiger charge is 2.29. The Bertz CT molecular complexity index is 494. The van der Waals surface area contributed by atoms with Gasteiger partial charge < -0.3 is 15.0 Å². The smallest absolute Gasteiger partial charge is 0.313 e. The first-order valence-corrected chi connectivity index (χ1v) is 5.81. The number of pyridine rings is 1. The van der Waals surface area contributed by atoms with E-state index in [2.05, 4.69) is 15.9 Å². The van der Waals surface area contributed by atoms with Crippen LogP contribution in [0.2, 0.25) is 0 Å². The van der Waals surface area contributed by atoms with Crippen molar-refractivity contribution in [3.8, 4) is 0 Å². The van der Waals surface area contributed by atoms with Gasteiger partial charge in [0.15, 0.2) is 0 Å². The molecular formula is C11H15BrN2O3. The standard InChI is InChI=1S/C11H15BrN2O3/c1-11(2,10(16)17-3)6-14-5-7(13)4-8(12)9(14)15/h4-5H,6,13H2,1-3H3. The van der Waals surface area contributed by atoms with Crippen molar-refractivity contribution in [3.05, 3.63) is 27.1 Å². The SMILES string of the molecule is COC(=O)C(C)(C)Cn1cc(N)cc(Br)c1=O. The van der Waals surface area contributed by atoms with E-state index in [-0.39, 0.29) is 18.1 Å². The van der Waals surface area contributed by atoms with Crippen LogP contribution in [0.25, 0.3) is 0 Å². The maximum absolute atomic E-state index is 11.8. The van der Waals surface area contributed by atoms with Crippen LogP contribution in [0.5, 0.6) is 0 Å². The van der Waals surface area contributed by atoms with Crippen LogP contribution in [-0.4, -0.2) is 17.6 Å². The van der Waals surface area contributed by atoms with Crippen LogP contribution in [0.3, 0.4) is 0 Å². The molecule has 1 rings (SSSR count). The maximum atomic E-state index is 11.8. The molecule has 0 saturated heterocycles. The van der Waals surface area contributed by atoms with E-state index in [9.17, 15) is 9.59 Å². The van der Waals surface area contributed by atoms with E-state index >= 15 is 0 Å². The number of hydrogen-bond donors (Lipinski definition) is 1. The van der Waals surface area contributed by atoms with Gasteiger partial charge in [-0.15, -0.1) is 0 Å². The molecule has 1 heterocycles. The predicted molar refractivity (Wildman–Crippen MR) is 68.6 cm³/mol. The lowest BCUT2D eigenvalue weighted by atomic mass is 9.93. The molecule has 0 spiro atoms. The quantitative estimate of drug-likeness (QED) is 0.856. The van der Waals surface area contributed by atoms with E-state index in [1.54, 1.807) is 13.8 Å². The molecule has 0 saturated carbocycles. The van der Waals surface area contributed by atoms with Crippen LogP contribution in [0.1, 0.15) is 13.8 Å². The summed E-state index contributed by atoms with van der Waals surface area (Å²) in [5, 5.41) is 0. The van der Waals surface area contributed by atoms with Crippen molar-refractivity contribution >= 4 is 27.6 Å². The number of nitrogens with two attached hydrogens (primary N) is 1. The third-order valence-corrected chi connectivity index (χ3v) is 2.94. The summed E-state index contributed by atoms with van der Waals surface area (Å²) < 4.78 is 6.46. The molecule has 1 aromatic rings. The first-order valence-electron chi connectivity index (χ1n) is 5.02. The maximum Gasteiger partial charge on any atom is 0.313 e. The van der Waals surface area contributed by atoms with Gasteiger partial charge in [0, 0.05) is 18.4 Å². The molecule has 0 fully saturated rings. The average Bonchev–Trinajstić information content (AvgIpc) is 2.23. The molecule has 5 nitrogen and oxygen atoms in total. The van der Waals surface area contributed by atoms with E-state index in [1.165, 1.54) is 23.9 Å². The van der Waals surface area contributed by atoms with Crippen LogP contribution in [-0.2, 0) is 16.1 Å². The van der Waals surface area contributed by atoms with Gasteiger partial charge in [-0.3, -0.25) is 9.59 Å². The zero-order valence-electron chi connectivity index (χ0n) is 9.99. The summed E-state index contributed by atoms with van der Waals surface area (Å²) in [6, 6.07) is 1.53. The topological polar surface area (TPSA) is 74.3 Å². The fourth-order valence-corrected chi connectivity index (χ4v) is 2.00. The number of hydrogen-bond acceptors (Lipinski definition) is 4. The molecule has 0 aliphatic carbocycles.